The van der Waals surface area contributed by atoms with E-state index in [9.17, 15) is 8.42 Å². The van der Waals surface area contributed by atoms with Gasteiger partial charge in [0, 0.05) is 29.8 Å². The van der Waals surface area contributed by atoms with Crippen LogP contribution in [0.4, 0.5) is 5.82 Å². The lowest BCUT2D eigenvalue weighted by Crippen LogP contribution is -2.47. The van der Waals surface area contributed by atoms with Crippen molar-refractivity contribution in [2.45, 2.75) is 18.9 Å². The van der Waals surface area contributed by atoms with Crippen molar-refractivity contribution >= 4 is 31.8 Å². The topological polar surface area (TPSA) is 62.3 Å². The lowest BCUT2D eigenvalue weighted by atomic mass is 10.1. The maximum absolute atomic E-state index is 11.2. The van der Waals surface area contributed by atoms with Gasteiger partial charge in [-0.3, -0.25) is 0 Å². The Morgan fingerprint density at radius 3 is 2.89 bits per heavy atom. The van der Waals surface area contributed by atoms with E-state index in [2.05, 4.69) is 30.5 Å². The van der Waals surface area contributed by atoms with Crippen LogP contribution in [-0.2, 0) is 10.0 Å². The molecular weight excluding hydrogens is 318 g/mol. The zero-order valence-electron chi connectivity index (χ0n) is 10.1. The molecule has 0 spiro atoms. The van der Waals surface area contributed by atoms with E-state index in [4.69, 9.17) is 0 Å². The molecule has 0 saturated carbocycles. The highest BCUT2D eigenvalue weighted by atomic mass is 79.9. The summed E-state index contributed by atoms with van der Waals surface area (Å²) in [6.07, 6.45) is 4.79. The minimum atomic E-state index is -3.14. The van der Waals surface area contributed by atoms with E-state index in [1.54, 1.807) is 6.20 Å². The van der Waals surface area contributed by atoms with E-state index >= 15 is 0 Å². The van der Waals surface area contributed by atoms with Gasteiger partial charge in [0.05, 0.1) is 6.26 Å². The molecule has 0 unspecified atom stereocenters. The van der Waals surface area contributed by atoms with Gasteiger partial charge in [0.2, 0.25) is 10.0 Å². The minimum absolute atomic E-state index is 0.0285. The average Bonchev–Trinajstić information content (AvgIpc) is 2.28. The molecule has 0 radical (unpaired) electrons. The van der Waals surface area contributed by atoms with Crippen LogP contribution in [0, 0.1) is 0 Å². The first kappa shape index (κ1) is 13.8. The van der Waals surface area contributed by atoms with Crippen LogP contribution in [0.2, 0.25) is 0 Å². The SMILES string of the molecule is CS(=O)(=O)N[C@H]1CCCN(c2ccc(Br)cn2)C1. The second-order valence-electron chi connectivity index (χ2n) is 4.51. The van der Waals surface area contributed by atoms with E-state index in [0.717, 1.165) is 29.7 Å². The molecule has 1 aromatic heterocycles. The van der Waals surface area contributed by atoms with Gasteiger partial charge in [0.25, 0.3) is 0 Å². The molecule has 2 rings (SSSR count). The largest absolute Gasteiger partial charge is 0.355 e. The maximum atomic E-state index is 11.2. The first-order valence-electron chi connectivity index (χ1n) is 5.78. The summed E-state index contributed by atoms with van der Waals surface area (Å²) >= 11 is 3.35. The second-order valence-corrected chi connectivity index (χ2v) is 7.21. The Kier molecular flexibility index (Phi) is 4.24. The van der Waals surface area contributed by atoms with Crippen LogP contribution in [0.1, 0.15) is 12.8 Å². The van der Waals surface area contributed by atoms with Crippen molar-refractivity contribution in [3.8, 4) is 0 Å². The van der Waals surface area contributed by atoms with E-state index in [1.807, 2.05) is 12.1 Å². The van der Waals surface area contributed by atoms with Gasteiger partial charge >= 0.3 is 0 Å². The summed E-state index contributed by atoms with van der Waals surface area (Å²) in [6, 6.07) is 3.85. The van der Waals surface area contributed by atoms with Crippen LogP contribution in [-0.4, -0.2) is 38.8 Å². The monoisotopic (exact) mass is 333 g/mol. The molecule has 0 aliphatic carbocycles. The minimum Gasteiger partial charge on any atom is -0.355 e. The first-order valence-corrected chi connectivity index (χ1v) is 8.46. The summed E-state index contributed by atoms with van der Waals surface area (Å²) in [6.45, 7) is 1.58. The number of piperidine rings is 1. The van der Waals surface area contributed by atoms with Gasteiger partial charge in [-0.15, -0.1) is 0 Å². The van der Waals surface area contributed by atoms with Crippen molar-refractivity contribution < 1.29 is 8.42 Å². The first-order chi connectivity index (χ1) is 8.44. The molecular formula is C11H16BrN3O2S. The number of pyridine rings is 1. The van der Waals surface area contributed by atoms with Gasteiger partial charge < -0.3 is 4.90 Å². The van der Waals surface area contributed by atoms with Crippen molar-refractivity contribution in [2.24, 2.45) is 0 Å². The Bertz CT molecular complexity index is 504. The highest BCUT2D eigenvalue weighted by Crippen LogP contribution is 2.19. The third kappa shape index (κ3) is 3.93. The highest BCUT2D eigenvalue weighted by Gasteiger charge is 2.22. The molecule has 1 saturated heterocycles. The van der Waals surface area contributed by atoms with Crippen LogP contribution < -0.4 is 9.62 Å². The van der Waals surface area contributed by atoms with E-state index in [0.29, 0.717) is 6.54 Å². The molecule has 1 aliphatic rings. The predicted octanol–water partition coefficient (Wildman–Crippen LogP) is 1.36. The van der Waals surface area contributed by atoms with Crippen molar-refractivity contribution in [3.63, 3.8) is 0 Å². The molecule has 5 nitrogen and oxygen atoms in total. The Morgan fingerprint density at radius 2 is 2.28 bits per heavy atom. The standard InChI is InChI=1S/C11H16BrN3O2S/c1-18(16,17)14-10-3-2-6-15(8-10)11-5-4-9(12)7-13-11/h4-5,7,10,14H,2-3,6,8H2,1H3/t10-/m0/s1. The number of halogens is 1. The third-order valence-corrected chi connectivity index (χ3v) is 4.07. The Labute approximate surface area is 116 Å². The van der Waals surface area contributed by atoms with Gasteiger partial charge in [-0.25, -0.2) is 18.1 Å². The Balaban J connectivity index is 2.04. The molecule has 1 aliphatic heterocycles. The molecule has 2 heterocycles. The average molecular weight is 334 g/mol. The van der Waals surface area contributed by atoms with Crippen LogP contribution in [0.3, 0.4) is 0 Å². The Hall–Kier alpha value is -0.660. The van der Waals surface area contributed by atoms with Gasteiger partial charge in [-0.2, -0.15) is 0 Å². The third-order valence-electron chi connectivity index (χ3n) is 2.84. The number of hydrogen-bond donors (Lipinski definition) is 1. The molecule has 1 aromatic rings. The van der Waals surface area contributed by atoms with Gasteiger partial charge in [-0.05, 0) is 40.9 Å². The molecule has 0 bridgehead atoms. The molecule has 1 fully saturated rings. The van der Waals surface area contributed by atoms with Crippen molar-refractivity contribution in [2.75, 3.05) is 24.2 Å². The number of anilines is 1. The van der Waals surface area contributed by atoms with E-state index in [1.165, 1.54) is 6.26 Å². The summed E-state index contributed by atoms with van der Waals surface area (Å²) in [5, 5.41) is 0. The predicted molar refractivity (Wildman–Crippen MR) is 75.2 cm³/mol. The normalized spacial score (nSPS) is 21.0. The summed E-state index contributed by atoms with van der Waals surface area (Å²) in [5.41, 5.74) is 0. The zero-order valence-corrected chi connectivity index (χ0v) is 12.5. The lowest BCUT2D eigenvalue weighted by Gasteiger charge is -2.33. The van der Waals surface area contributed by atoms with Crippen LogP contribution in [0.25, 0.3) is 0 Å². The number of sulfonamides is 1. The summed E-state index contributed by atoms with van der Waals surface area (Å²) in [4.78, 5) is 6.44. The molecule has 100 valence electrons. The number of aromatic nitrogens is 1. The van der Waals surface area contributed by atoms with Gasteiger partial charge in [-0.1, -0.05) is 0 Å². The molecule has 1 atom stereocenters. The van der Waals surface area contributed by atoms with Crippen LogP contribution in [0.5, 0.6) is 0 Å². The molecule has 18 heavy (non-hydrogen) atoms. The van der Waals surface area contributed by atoms with E-state index < -0.39 is 10.0 Å². The second kappa shape index (κ2) is 5.54. The number of nitrogens with one attached hydrogen (secondary N) is 1. The molecule has 1 N–H and O–H groups in total. The summed E-state index contributed by atoms with van der Waals surface area (Å²) in [5.74, 6) is 0.887. The molecule has 0 amide bonds. The smallest absolute Gasteiger partial charge is 0.209 e. The summed E-state index contributed by atoms with van der Waals surface area (Å²) in [7, 11) is -3.14. The number of rotatable bonds is 3. The fourth-order valence-electron chi connectivity index (χ4n) is 2.14. The lowest BCUT2D eigenvalue weighted by molar-refractivity contribution is 0.465. The maximum Gasteiger partial charge on any atom is 0.209 e. The fourth-order valence-corrected chi connectivity index (χ4v) is 3.17. The fraction of sp³-hybridized carbons (Fsp3) is 0.545. The summed E-state index contributed by atoms with van der Waals surface area (Å²) < 4.78 is 26.1. The highest BCUT2D eigenvalue weighted by molar-refractivity contribution is 9.10. The van der Waals surface area contributed by atoms with Crippen molar-refractivity contribution in [3.05, 3.63) is 22.8 Å². The van der Waals surface area contributed by atoms with Crippen LogP contribution >= 0.6 is 15.9 Å². The number of hydrogen-bond acceptors (Lipinski definition) is 4. The quantitative estimate of drug-likeness (QED) is 0.907. The molecule has 7 heteroatoms. The van der Waals surface area contributed by atoms with Crippen molar-refractivity contribution in [1.82, 2.24) is 9.71 Å². The zero-order chi connectivity index (χ0) is 13.2. The van der Waals surface area contributed by atoms with Crippen molar-refractivity contribution in [1.29, 1.82) is 0 Å². The van der Waals surface area contributed by atoms with Crippen LogP contribution in [0.15, 0.2) is 22.8 Å². The van der Waals surface area contributed by atoms with Gasteiger partial charge in [0.1, 0.15) is 5.82 Å². The van der Waals surface area contributed by atoms with E-state index in [-0.39, 0.29) is 6.04 Å². The number of nitrogens with zero attached hydrogens (tertiary/aromatic N) is 2. The van der Waals surface area contributed by atoms with Gasteiger partial charge in [0.15, 0.2) is 0 Å². The Morgan fingerprint density at radius 1 is 1.50 bits per heavy atom. The molecule has 0 aromatic carbocycles.